The van der Waals surface area contributed by atoms with Crippen molar-refractivity contribution in [3.8, 4) is 5.75 Å². The smallest absolute Gasteiger partial charge is 0.236 e. The zero-order valence-corrected chi connectivity index (χ0v) is 18.4. The summed E-state index contributed by atoms with van der Waals surface area (Å²) in [6.07, 6.45) is 0. The molecule has 31 heavy (non-hydrogen) atoms. The van der Waals surface area contributed by atoms with Crippen LogP contribution >= 0.6 is 0 Å². The summed E-state index contributed by atoms with van der Waals surface area (Å²) in [5.41, 5.74) is 1.01. The minimum absolute atomic E-state index is 0.119. The molecule has 0 spiro atoms. The number of carbonyl (C=O) groups excluding carboxylic acids is 2. The summed E-state index contributed by atoms with van der Waals surface area (Å²) in [6.45, 7) is 7.76. The topological polar surface area (TPSA) is 62.3 Å². The first-order valence-corrected chi connectivity index (χ1v) is 11.0. The molecule has 0 bridgehead atoms. The van der Waals surface area contributed by atoms with Crippen molar-refractivity contribution in [2.45, 2.75) is 12.8 Å². The van der Waals surface area contributed by atoms with Crippen molar-refractivity contribution < 1.29 is 19.1 Å². The Kier molecular flexibility index (Phi) is 6.73. The monoisotopic (exact) mass is 425 g/mol. The van der Waals surface area contributed by atoms with Crippen LogP contribution in [0.3, 0.4) is 0 Å². The van der Waals surface area contributed by atoms with E-state index < -0.39 is 0 Å². The number of ether oxygens (including phenoxy) is 2. The second-order valence-electron chi connectivity index (χ2n) is 8.29. The minimum atomic E-state index is -0.220. The van der Waals surface area contributed by atoms with Crippen LogP contribution in [0.5, 0.6) is 5.75 Å². The van der Waals surface area contributed by atoms with Crippen LogP contribution in [0.25, 0.3) is 10.8 Å². The van der Waals surface area contributed by atoms with Crippen LogP contribution in [0.4, 0.5) is 0 Å². The van der Waals surface area contributed by atoms with Crippen molar-refractivity contribution in [1.29, 1.82) is 0 Å². The molecule has 2 aromatic rings. The van der Waals surface area contributed by atoms with Gasteiger partial charge in [0.25, 0.3) is 0 Å². The lowest BCUT2D eigenvalue weighted by Gasteiger charge is -2.37. The molecular weight excluding hydrogens is 394 g/mol. The molecule has 0 aliphatic carbocycles. The number of benzene rings is 2. The molecule has 4 rings (SSSR count). The Bertz CT molecular complexity index is 934. The van der Waals surface area contributed by atoms with E-state index in [0.717, 1.165) is 35.2 Å². The molecule has 2 aromatic carbocycles. The van der Waals surface area contributed by atoms with Crippen molar-refractivity contribution in [2.24, 2.45) is 0 Å². The molecule has 2 amide bonds. The largest absolute Gasteiger partial charge is 0.497 e. The van der Waals surface area contributed by atoms with Gasteiger partial charge in [0.2, 0.25) is 11.8 Å². The number of amides is 2. The maximum atomic E-state index is 13.1. The van der Waals surface area contributed by atoms with E-state index in [1.807, 2.05) is 47.1 Å². The van der Waals surface area contributed by atoms with Crippen molar-refractivity contribution in [1.82, 2.24) is 14.7 Å². The van der Waals surface area contributed by atoms with Crippen LogP contribution in [0.2, 0.25) is 0 Å². The fourth-order valence-electron chi connectivity index (χ4n) is 4.28. The van der Waals surface area contributed by atoms with Gasteiger partial charge in [-0.3, -0.25) is 14.5 Å². The molecule has 0 aromatic heterocycles. The molecule has 7 nitrogen and oxygen atoms in total. The number of hydrogen-bond acceptors (Lipinski definition) is 5. The Morgan fingerprint density at radius 2 is 1.58 bits per heavy atom. The van der Waals surface area contributed by atoms with E-state index in [1.54, 1.807) is 7.11 Å². The van der Waals surface area contributed by atoms with Gasteiger partial charge in [0.1, 0.15) is 5.75 Å². The molecule has 2 saturated heterocycles. The Labute approximate surface area is 183 Å². The minimum Gasteiger partial charge on any atom is -0.497 e. The second-order valence-corrected chi connectivity index (χ2v) is 8.29. The molecule has 2 fully saturated rings. The molecule has 2 aliphatic rings. The Balaban J connectivity index is 1.33. The highest BCUT2D eigenvalue weighted by Gasteiger charge is 2.28. The molecule has 2 heterocycles. The normalized spacial score (nSPS) is 18.8. The van der Waals surface area contributed by atoms with Crippen LogP contribution < -0.4 is 4.74 Å². The number of fused-ring (bicyclic) bond motifs is 1. The third-order valence-electron chi connectivity index (χ3n) is 6.35. The van der Waals surface area contributed by atoms with E-state index in [9.17, 15) is 9.59 Å². The first-order chi connectivity index (χ1) is 15.0. The number of carbonyl (C=O) groups is 2. The maximum absolute atomic E-state index is 13.1. The van der Waals surface area contributed by atoms with E-state index in [-0.39, 0.29) is 17.7 Å². The fourth-order valence-corrected chi connectivity index (χ4v) is 4.28. The second kappa shape index (κ2) is 9.66. The third kappa shape index (κ3) is 4.99. The lowest BCUT2D eigenvalue weighted by molar-refractivity contribution is -0.141. The molecule has 0 N–H and O–H groups in total. The Hall–Kier alpha value is -2.64. The molecular formula is C24H31N3O4. The van der Waals surface area contributed by atoms with Crippen LogP contribution in [0.1, 0.15) is 18.4 Å². The van der Waals surface area contributed by atoms with E-state index in [1.165, 1.54) is 0 Å². The van der Waals surface area contributed by atoms with Gasteiger partial charge in [0, 0.05) is 39.3 Å². The predicted molar refractivity (Wildman–Crippen MR) is 119 cm³/mol. The van der Waals surface area contributed by atoms with Crippen molar-refractivity contribution in [3.05, 3.63) is 42.0 Å². The van der Waals surface area contributed by atoms with E-state index >= 15 is 0 Å². The Morgan fingerprint density at radius 3 is 2.29 bits per heavy atom. The van der Waals surface area contributed by atoms with Crippen LogP contribution in [0.15, 0.2) is 36.4 Å². The third-order valence-corrected chi connectivity index (χ3v) is 6.35. The molecule has 0 saturated carbocycles. The van der Waals surface area contributed by atoms with E-state index in [0.29, 0.717) is 45.9 Å². The van der Waals surface area contributed by atoms with Crippen molar-refractivity contribution in [3.63, 3.8) is 0 Å². The number of nitrogens with zero attached hydrogens (tertiary/aromatic N) is 3. The summed E-state index contributed by atoms with van der Waals surface area (Å²) in [4.78, 5) is 31.6. The molecule has 166 valence electrons. The van der Waals surface area contributed by atoms with Gasteiger partial charge in [0.15, 0.2) is 0 Å². The average molecular weight is 426 g/mol. The van der Waals surface area contributed by atoms with Crippen LogP contribution in [-0.2, 0) is 14.3 Å². The Morgan fingerprint density at radius 1 is 0.935 bits per heavy atom. The summed E-state index contributed by atoms with van der Waals surface area (Å²) in [7, 11) is 1.66. The van der Waals surface area contributed by atoms with Crippen LogP contribution in [-0.4, -0.2) is 92.7 Å². The van der Waals surface area contributed by atoms with Gasteiger partial charge in [-0.15, -0.1) is 0 Å². The van der Waals surface area contributed by atoms with Gasteiger partial charge >= 0.3 is 0 Å². The number of piperazine rings is 1. The van der Waals surface area contributed by atoms with E-state index in [4.69, 9.17) is 9.47 Å². The quantitative estimate of drug-likeness (QED) is 0.733. The lowest BCUT2D eigenvalue weighted by Crippen LogP contribution is -2.54. The summed E-state index contributed by atoms with van der Waals surface area (Å²) in [5.74, 6) is 0.868. The molecule has 2 aliphatic heterocycles. The predicted octanol–water partition coefficient (Wildman–Crippen LogP) is 1.95. The van der Waals surface area contributed by atoms with E-state index in [2.05, 4.69) is 11.0 Å². The highest BCUT2D eigenvalue weighted by Crippen LogP contribution is 2.26. The van der Waals surface area contributed by atoms with Crippen LogP contribution in [0, 0.1) is 0 Å². The molecule has 0 unspecified atom stereocenters. The van der Waals surface area contributed by atoms with Gasteiger partial charge in [-0.05, 0) is 35.4 Å². The summed E-state index contributed by atoms with van der Waals surface area (Å²) >= 11 is 0. The molecule has 7 heteroatoms. The van der Waals surface area contributed by atoms with Gasteiger partial charge in [-0.2, -0.15) is 0 Å². The maximum Gasteiger partial charge on any atom is 0.236 e. The lowest BCUT2D eigenvalue weighted by atomic mass is 9.96. The standard InChI is InChI=1S/C24H31N3O4/c1-18(19-3-4-21-16-22(30-2)6-5-20(21)15-19)24(29)27-9-7-26(8-10-27)23(28)17-25-11-13-31-14-12-25/h3-6,15-16,18H,7-14,17H2,1-2H3/t18-/m0/s1. The number of methoxy groups -OCH3 is 1. The number of morpholine rings is 1. The van der Waals surface area contributed by atoms with Gasteiger partial charge in [-0.25, -0.2) is 0 Å². The first-order valence-electron chi connectivity index (χ1n) is 11.0. The highest BCUT2D eigenvalue weighted by molar-refractivity contribution is 5.88. The number of hydrogen-bond donors (Lipinski definition) is 0. The van der Waals surface area contributed by atoms with Gasteiger partial charge in [0.05, 0.1) is 32.8 Å². The first kappa shape index (κ1) is 21.6. The summed E-state index contributed by atoms with van der Waals surface area (Å²) in [5, 5.41) is 2.19. The van der Waals surface area contributed by atoms with Crippen molar-refractivity contribution in [2.75, 3.05) is 66.1 Å². The SMILES string of the molecule is COc1ccc2cc([C@H](C)C(=O)N3CCN(C(=O)CN4CCOCC4)CC3)ccc2c1. The summed E-state index contributed by atoms with van der Waals surface area (Å²) < 4.78 is 10.6. The van der Waals surface area contributed by atoms with Gasteiger partial charge in [-0.1, -0.05) is 24.3 Å². The fraction of sp³-hybridized carbons (Fsp3) is 0.500. The number of rotatable bonds is 5. The highest BCUT2D eigenvalue weighted by atomic mass is 16.5. The molecule has 0 radical (unpaired) electrons. The zero-order chi connectivity index (χ0) is 21.8. The average Bonchev–Trinajstić information content (AvgIpc) is 2.83. The van der Waals surface area contributed by atoms with Gasteiger partial charge < -0.3 is 19.3 Å². The summed E-state index contributed by atoms with van der Waals surface area (Å²) in [6, 6.07) is 12.1. The molecule has 1 atom stereocenters. The zero-order valence-electron chi connectivity index (χ0n) is 18.4. The van der Waals surface area contributed by atoms with Crippen molar-refractivity contribution >= 4 is 22.6 Å².